The van der Waals surface area contributed by atoms with Gasteiger partial charge in [-0.15, -0.1) is 0 Å². The molecule has 0 saturated carbocycles. The SMILES string of the molecule is CC(C)(C)c1cccc(O)c1C(CO)c1ccccc1. The molecule has 2 rings (SSSR count). The Morgan fingerprint density at radius 1 is 0.950 bits per heavy atom. The number of benzene rings is 2. The zero-order chi connectivity index (χ0) is 14.8. The van der Waals surface area contributed by atoms with Gasteiger partial charge in [-0.25, -0.2) is 0 Å². The molecule has 1 unspecified atom stereocenters. The molecule has 0 aliphatic heterocycles. The second kappa shape index (κ2) is 5.68. The third-order valence-electron chi connectivity index (χ3n) is 3.62. The van der Waals surface area contributed by atoms with Crippen molar-refractivity contribution in [3.05, 3.63) is 65.2 Å². The molecule has 0 heterocycles. The Morgan fingerprint density at radius 3 is 2.15 bits per heavy atom. The summed E-state index contributed by atoms with van der Waals surface area (Å²) in [5.74, 6) is 0.0481. The Labute approximate surface area is 120 Å². The molecule has 0 fully saturated rings. The predicted molar refractivity (Wildman–Crippen MR) is 82.2 cm³/mol. The van der Waals surface area contributed by atoms with E-state index in [1.165, 1.54) is 0 Å². The van der Waals surface area contributed by atoms with E-state index in [0.717, 1.165) is 16.7 Å². The number of aliphatic hydroxyl groups is 1. The van der Waals surface area contributed by atoms with Crippen LogP contribution >= 0.6 is 0 Å². The largest absolute Gasteiger partial charge is 0.508 e. The summed E-state index contributed by atoms with van der Waals surface area (Å²) in [6, 6.07) is 15.4. The lowest BCUT2D eigenvalue weighted by Crippen LogP contribution is -2.18. The van der Waals surface area contributed by atoms with E-state index >= 15 is 0 Å². The van der Waals surface area contributed by atoms with Crippen molar-refractivity contribution in [3.8, 4) is 5.75 Å². The van der Waals surface area contributed by atoms with Gasteiger partial charge >= 0.3 is 0 Å². The smallest absolute Gasteiger partial charge is 0.119 e. The van der Waals surface area contributed by atoms with Crippen molar-refractivity contribution in [1.82, 2.24) is 0 Å². The molecule has 2 N–H and O–H groups in total. The quantitative estimate of drug-likeness (QED) is 0.890. The van der Waals surface area contributed by atoms with E-state index in [1.807, 2.05) is 42.5 Å². The molecule has 0 aromatic heterocycles. The second-order valence-corrected chi connectivity index (χ2v) is 6.13. The average Bonchev–Trinajstić information content (AvgIpc) is 2.41. The second-order valence-electron chi connectivity index (χ2n) is 6.13. The molecule has 0 radical (unpaired) electrons. The molecule has 2 nitrogen and oxygen atoms in total. The van der Waals surface area contributed by atoms with Crippen molar-refractivity contribution in [1.29, 1.82) is 0 Å². The lowest BCUT2D eigenvalue weighted by molar-refractivity contribution is 0.276. The number of phenols is 1. The zero-order valence-electron chi connectivity index (χ0n) is 12.3. The van der Waals surface area contributed by atoms with Crippen LogP contribution in [0.25, 0.3) is 0 Å². The van der Waals surface area contributed by atoms with Crippen LogP contribution in [0.4, 0.5) is 0 Å². The van der Waals surface area contributed by atoms with Gasteiger partial charge in [0.15, 0.2) is 0 Å². The first-order valence-electron chi connectivity index (χ1n) is 6.93. The maximum absolute atomic E-state index is 10.3. The highest BCUT2D eigenvalue weighted by Gasteiger charge is 2.26. The van der Waals surface area contributed by atoms with Gasteiger partial charge in [-0.05, 0) is 22.6 Å². The van der Waals surface area contributed by atoms with Crippen LogP contribution in [-0.2, 0) is 5.41 Å². The van der Waals surface area contributed by atoms with E-state index in [4.69, 9.17) is 0 Å². The highest BCUT2D eigenvalue weighted by Crippen LogP contribution is 2.38. The zero-order valence-corrected chi connectivity index (χ0v) is 12.3. The summed E-state index contributed by atoms with van der Waals surface area (Å²) in [6.07, 6.45) is 0. The third kappa shape index (κ3) is 2.86. The summed E-state index contributed by atoms with van der Waals surface area (Å²) in [6.45, 7) is 6.32. The Morgan fingerprint density at radius 2 is 1.60 bits per heavy atom. The molecule has 106 valence electrons. The van der Waals surface area contributed by atoms with E-state index in [2.05, 4.69) is 20.8 Å². The van der Waals surface area contributed by atoms with Crippen molar-refractivity contribution in [2.45, 2.75) is 32.1 Å². The Kier molecular flexibility index (Phi) is 4.15. The molecule has 0 saturated heterocycles. The van der Waals surface area contributed by atoms with Crippen molar-refractivity contribution >= 4 is 0 Å². The monoisotopic (exact) mass is 270 g/mol. The molecule has 0 aliphatic carbocycles. The summed E-state index contributed by atoms with van der Waals surface area (Å²) in [4.78, 5) is 0. The number of rotatable bonds is 3. The van der Waals surface area contributed by atoms with Gasteiger partial charge in [-0.1, -0.05) is 63.2 Å². The standard InChI is InChI=1S/C18H22O2/c1-18(2,3)15-10-7-11-16(20)17(15)14(12-19)13-8-5-4-6-9-13/h4-11,14,19-20H,12H2,1-3H3. The number of hydrogen-bond donors (Lipinski definition) is 2. The van der Waals surface area contributed by atoms with E-state index in [-0.39, 0.29) is 23.7 Å². The normalized spacial score (nSPS) is 13.2. The fourth-order valence-electron chi connectivity index (χ4n) is 2.62. The first-order valence-corrected chi connectivity index (χ1v) is 6.93. The first-order chi connectivity index (χ1) is 9.45. The summed E-state index contributed by atoms with van der Waals surface area (Å²) < 4.78 is 0. The maximum Gasteiger partial charge on any atom is 0.119 e. The van der Waals surface area contributed by atoms with Crippen LogP contribution in [0, 0.1) is 0 Å². The topological polar surface area (TPSA) is 40.5 Å². The molecule has 2 heteroatoms. The molecule has 1 atom stereocenters. The van der Waals surface area contributed by atoms with Gasteiger partial charge in [0.05, 0.1) is 6.61 Å². The van der Waals surface area contributed by atoms with Gasteiger partial charge < -0.3 is 10.2 Å². The van der Waals surface area contributed by atoms with Gasteiger partial charge in [0.25, 0.3) is 0 Å². The highest BCUT2D eigenvalue weighted by molar-refractivity contribution is 5.49. The molecule has 20 heavy (non-hydrogen) atoms. The van der Waals surface area contributed by atoms with Gasteiger partial charge in [0.1, 0.15) is 5.75 Å². The van der Waals surface area contributed by atoms with E-state index < -0.39 is 0 Å². The fourth-order valence-corrected chi connectivity index (χ4v) is 2.62. The van der Waals surface area contributed by atoms with E-state index in [9.17, 15) is 10.2 Å². The summed E-state index contributed by atoms with van der Waals surface area (Å²) in [7, 11) is 0. The van der Waals surface area contributed by atoms with E-state index in [1.54, 1.807) is 6.07 Å². The van der Waals surface area contributed by atoms with Crippen molar-refractivity contribution in [3.63, 3.8) is 0 Å². The molecular weight excluding hydrogens is 248 g/mol. The summed E-state index contributed by atoms with van der Waals surface area (Å²) in [5.41, 5.74) is 2.83. The van der Waals surface area contributed by atoms with Crippen LogP contribution in [0.3, 0.4) is 0 Å². The molecule has 2 aromatic rings. The molecule has 2 aromatic carbocycles. The number of aliphatic hydroxyl groups excluding tert-OH is 1. The van der Waals surface area contributed by atoms with Crippen molar-refractivity contribution in [2.24, 2.45) is 0 Å². The molecule has 0 aliphatic rings. The third-order valence-corrected chi connectivity index (χ3v) is 3.62. The molecule has 0 bridgehead atoms. The maximum atomic E-state index is 10.3. The van der Waals surface area contributed by atoms with E-state index in [0.29, 0.717) is 0 Å². The predicted octanol–water partition coefficient (Wildman–Crippen LogP) is 3.81. The fraction of sp³-hybridized carbons (Fsp3) is 0.333. The van der Waals surface area contributed by atoms with Crippen LogP contribution in [0.1, 0.15) is 43.4 Å². The van der Waals surface area contributed by atoms with Crippen LogP contribution in [0.15, 0.2) is 48.5 Å². The molecular formula is C18H22O2. The van der Waals surface area contributed by atoms with Crippen molar-refractivity contribution < 1.29 is 10.2 Å². The minimum Gasteiger partial charge on any atom is -0.508 e. The average molecular weight is 270 g/mol. The van der Waals surface area contributed by atoms with Crippen LogP contribution < -0.4 is 0 Å². The molecule has 0 amide bonds. The van der Waals surface area contributed by atoms with Crippen molar-refractivity contribution in [2.75, 3.05) is 6.61 Å². The van der Waals surface area contributed by atoms with Gasteiger partial charge in [-0.2, -0.15) is 0 Å². The lowest BCUT2D eigenvalue weighted by Gasteiger charge is -2.27. The lowest BCUT2D eigenvalue weighted by atomic mass is 9.78. The molecule has 0 spiro atoms. The summed E-state index contributed by atoms with van der Waals surface area (Å²) in [5, 5.41) is 20.1. The van der Waals surface area contributed by atoms with Crippen LogP contribution in [-0.4, -0.2) is 16.8 Å². The van der Waals surface area contributed by atoms with Crippen LogP contribution in [0.5, 0.6) is 5.75 Å². The van der Waals surface area contributed by atoms with Gasteiger partial charge in [0, 0.05) is 11.5 Å². The Bertz CT molecular complexity index is 568. The van der Waals surface area contributed by atoms with Crippen LogP contribution in [0.2, 0.25) is 0 Å². The minimum absolute atomic E-state index is 0.0231. The number of hydrogen-bond acceptors (Lipinski definition) is 2. The van der Waals surface area contributed by atoms with Gasteiger partial charge in [-0.3, -0.25) is 0 Å². The Hall–Kier alpha value is -1.80. The number of phenolic OH excluding ortho intramolecular Hbond substituents is 1. The Balaban J connectivity index is 2.61. The minimum atomic E-state index is -0.202. The summed E-state index contributed by atoms with van der Waals surface area (Å²) >= 11 is 0. The highest BCUT2D eigenvalue weighted by atomic mass is 16.3. The number of aromatic hydroxyl groups is 1. The first kappa shape index (κ1) is 14.6. The van der Waals surface area contributed by atoms with Gasteiger partial charge in [0.2, 0.25) is 0 Å².